The lowest BCUT2D eigenvalue weighted by Gasteiger charge is -2.34. The third-order valence-corrected chi connectivity index (χ3v) is 2.96. The summed E-state index contributed by atoms with van der Waals surface area (Å²) in [5.74, 6) is 0.407. The average Bonchev–Trinajstić information content (AvgIpc) is 2.27. The molecule has 0 amide bonds. The normalized spacial score (nSPS) is 20.7. The first kappa shape index (κ1) is 9.53. The Bertz CT molecular complexity index is 311. The molecule has 1 aromatic carbocycles. The highest BCUT2D eigenvalue weighted by Gasteiger charge is 2.22. The van der Waals surface area contributed by atoms with Crippen LogP contribution in [0, 0.1) is 5.92 Å². The Morgan fingerprint density at radius 1 is 1.43 bits per heavy atom. The zero-order chi connectivity index (χ0) is 9.97. The van der Waals surface area contributed by atoms with E-state index < -0.39 is 0 Å². The summed E-state index contributed by atoms with van der Waals surface area (Å²) in [5.41, 5.74) is 2.72. The van der Waals surface area contributed by atoms with Crippen LogP contribution in [0.5, 0.6) is 0 Å². The summed E-state index contributed by atoms with van der Waals surface area (Å²) in [6.45, 7) is 4.47. The number of para-hydroxylation sites is 1. The van der Waals surface area contributed by atoms with E-state index in [0.717, 1.165) is 19.5 Å². The summed E-state index contributed by atoms with van der Waals surface area (Å²) >= 11 is 0. The molecule has 1 aromatic rings. The first-order valence-electron chi connectivity index (χ1n) is 5.29. The fraction of sp³-hybridized carbons (Fsp3) is 0.500. The maximum absolute atomic E-state index is 9.20. The Hall–Kier alpha value is -1.02. The molecule has 0 radical (unpaired) electrons. The molecule has 1 aliphatic rings. The van der Waals surface area contributed by atoms with Gasteiger partial charge in [0.05, 0.1) is 0 Å². The smallest absolute Gasteiger partial charge is 0.0479 e. The van der Waals surface area contributed by atoms with Gasteiger partial charge in [0.1, 0.15) is 0 Å². The molecule has 0 saturated heterocycles. The van der Waals surface area contributed by atoms with Crippen LogP contribution in [-0.4, -0.2) is 24.8 Å². The number of aliphatic hydroxyl groups excluding tert-OH is 1. The molecule has 1 atom stereocenters. The predicted molar refractivity (Wildman–Crippen MR) is 58.6 cm³/mol. The van der Waals surface area contributed by atoms with Crippen molar-refractivity contribution < 1.29 is 5.11 Å². The summed E-state index contributed by atoms with van der Waals surface area (Å²) in [4.78, 5) is 2.35. The van der Waals surface area contributed by atoms with Gasteiger partial charge in [0, 0.05) is 31.3 Å². The summed E-state index contributed by atoms with van der Waals surface area (Å²) in [6, 6.07) is 8.50. The molecule has 1 aliphatic heterocycles. The van der Waals surface area contributed by atoms with Gasteiger partial charge in [-0.3, -0.25) is 0 Å². The van der Waals surface area contributed by atoms with E-state index in [2.05, 4.69) is 36.1 Å². The second kappa shape index (κ2) is 4.01. The van der Waals surface area contributed by atoms with Crippen LogP contribution in [0.25, 0.3) is 0 Å². The van der Waals surface area contributed by atoms with Gasteiger partial charge in [-0.25, -0.2) is 0 Å². The van der Waals surface area contributed by atoms with Crippen molar-refractivity contribution in [3.63, 3.8) is 0 Å². The number of hydrogen-bond donors (Lipinski definition) is 1. The van der Waals surface area contributed by atoms with Crippen molar-refractivity contribution in [2.45, 2.75) is 13.3 Å². The highest BCUT2D eigenvalue weighted by molar-refractivity contribution is 5.55. The van der Waals surface area contributed by atoms with Crippen LogP contribution < -0.4 is 4.90 Å². The zero-order valence-corrected chi connectivity index (χ0v) is 8.61. The van der Waals surface area contributed by atoms with Crippen molar-refractivity contribution in [1.82, 2.24) is 0 Å². The quantitative estimate of drug-likeness (QED) is 0.768. The Morgan fingerprint density at radius 2 is 2.21 bits per heavy atom. The lowest BCUT2D eigenvalue weighted by molar-refractivity contribution is 0.224. The predicted octanol–water partition coefficient (Wildman–Crippen LogP) is 1.68. The lowest BCUT2D eigenvalue weighted by Crippen LogP contribution is -2.36. The summed E-state index contributed by atoms with van der Waals surface area (Å²) in [5, 5.41) is 9.20. The third kappa shape index (κ3) is 1.62. The van der Waals surface area contributed by atoms with Crippen molar-refractivity contribution in [3.05, 3.63) is 29.8 Å². The Labute approximate surface area is 85.2 Å². The molecule has 0 fully saturated rings. The zero-order valence-electron chi connectivity index (χ0n) is 8.61. The average molecular weight is 191 g/mol. The monoisotopic (exact) mass is 191 g/mol. The van der Waals surface area contributed by atoms with Gasteiger partial charge < -0.3 is 10.0 Å². The van der Waals surface area contributed by atoms with E-state index in [-0.39, 0.29) is 0 Å². The van der Waals surface area contributed by atoms with E-state index in [9.17, 15) is 5.11 Å². The van der Waals surface area contributed by atoms with Crippen molar-refractivity contribution in [3.8, 4) is 0 Å². The minimum absolute atomic E-state index is 0.296. The van der Waals surface area contributed by atoms with E-state index in [1.807, 2.05) is 0 Å². The van der Waals surface area contributed by atoms with Crippen LogP contribution in [-0.2, 0) is 6.42 Å². The van der Waals surface area contributed by atoms with Gasteiger partial charge in [-0.15, -0.1) is 0 Å². The molecule has 14 heavy (non-hydrogen) atoms. The summed E-state index contributed by atoms with van der Waals surface area (Å²) in [6.07, 6.45) is 1.02. The second-order valence-electron chi connectivity index (χ2n) is 3.92. The number of aliphatic hydroxyl groups is 1. The molecular weight excluding hydrogens is 174 g/mol. The van der Waals surface area contributed by atoms with Gasteiger partial charge in [-0.2, -0.15) is 0 Å². The first-order chi connectivity index (χ1) is 6.85. The Balaban J connectivity index is 2.31. The van der Waals surface area contributed by atoms with Crippen molar-refractivity contribution in [2.24, 2.45) is 5.92 Å². The Kier molecular flexibility index (Phi) is 2.73. The summed E-state index contributed by atoms with van der Waals surface area (Å²) in [7, 11) is 0. The Morgan fingerprint density at radius 3 is 2.93 bits per heavy atom. The number of benzene rings is 1. The van der Waals surface area contributed by atoms with Crippen LogP contribution in [0.4, 0.5) is 5.69 Å². The number of rotatable bonds is 2. The molecule has 0 aromatic heterocycles. The van der Waals surface area contributed by atoms with Gasteiger partial charge in [-0.05, 0) is 25.0 Å². The second-order valence-corrected chi connectivity index (χ2v) is 3.92. The van der Waals surface area contributed by atoms with Crippen molar-refractivity contribution in [2.75, 3.05) is 24.6 Å². The van der Waals surface area contributed by atoms with Crippen LogP contribution >= 0.6 is 0 Å². The van der Waals surface area contributed by atoms with Crippen molar-refractivity contribution >= 4 is 5.69 Å². The molecule has 2 heteroatoms. The minimum atomic E-state index is 0.296. The largest absolute Gasteiger partial charge is 0.396 e. The molecule has 2 nitrogen and oxygen atoms in total. The molecule has 0 bridgehead atoms. The van der Waals surface area contributed by atoms with Crippen molar-refractivity contribution in [1.29, 1.82) is 0 Å². The van der Waals surface area contributed by atoms with Crippen LogP contribution in [0.3, 0.4) is 0 Å². The van der Waals surface area contributed by atoms with E-state index in [4.69, 9.17) is 0 Å². The maximum atomic E-state index is 9.20. The molecule has 1 N–H and O–H groups in total. The molecule has 0 saturated carbocycles. The number of hydrogen-bond acceptors (Lipinski definition) is 2. The topological polar surface area (TPSA) is 23.5 Å². The molecule has 1 heterocycles. The van der Waals surface area contributed by atoms with Gasteiger partial charge in [-0.1, -0.05) is 18.2 Å². The molecular formula is C12H17NO. The van der Waals surface area contributed by atoms with Gasteiger partial charge >= 0.3 is 0 Å². The summed E-state index contributed by atoms with van der Waals surface area (Å²) < 4.78 is 0. The van der Waals surface area contributed by atoms with Crippen LogP contribution in [0.1, 0.15) is 12.5 Å². The molecule has 76 valence electrons. The lowest BCUT2D eigenvalue weighted by atomic mass is 9.93. The van der Waals surface area contributed by atoms with E-state index in [1.165, 1.54) is 11.3 Å². The van der Waals surface area contributed by atoms with Gasteiger partial charge in [0.25, 0.3) is 0 Å². The van der Waals surface area contributed by atoms with Gasteiger partial charge in [0.2, 0.25) is 0 Å². The van der Waals surface area contributed by atoms with Crippen LogP contribution in [0.2, 0.25) is 0 Å². The highest BCUT2D eigenvalue weighted by Crippen LogP contribution is 2.28. The third-order valence-electron chi connectivity index (χ3n) is 2.96. The number of fused-ring (bicyclic) bond motifs is 1. The maximum Gasteiger partial charge on any atom is 0.0479 e. The van der Waals surface area contributed by atoms with E-state index >= 15 is 0 Å². The van der Waals surface area contributed by atoms with E-state index in [0.29, 0.717) is 12.5 Å². The number of anilines is 1. The molecule has 1 unspecified atom stereocenters. The minimum Gasteiger partial charge on any atom is -0.396 e. The fourth-order valence-corrected chi connectivity index (χ4v) is 2.20. The van der Waals surface area contributed by atoms with E-state index in [1.54, 1.807) is 0 Å². The first-order valence-corrected chi connectivity index (χ1v) is 5.29. The molecule has 0 aliphatic carbocycles. The molecule has 0 spiro atoms. The van der Waals surface area contributed by atoms with Crippen LogP contribution in [0.15, 0.2) is 24.3 Å². The number of nitrogens with zero attached hydrogens (tertiary/aromatic N) is 1. The fourth-order valence-electron chi connectivity index (χ4n) is 2.20. The molecule has 2 rings (SSSR count). The SMILES string of the molecule is CCN1CC(CO)Cc2ccccc21. The van der Waals surface area contributed by atoms with Gasteiger partial charge in [0.15, 0.2) is 0 Å². The highest BCUT2D eigenvalue weighted by atomic mass is 16.3. The standard InChI is InChI=1S/C12H17NO/c1-2-13-8-10(9-14)7-11-5-3-4-6-12(11)13/h3-6,10,14H,2,7-9H2,1H3.